The standard InChI is InChI=1S/C18H25N5O/c1-13(2)21-17-16(5-4-7-19-17)18(24)23-8-6-14(12-23)9-15-10-20-22(3)11-15/h4-5,7,10-11,13-14H,6,8-9,12H2,1-3H3,(H,19,21). The zero-order valence-corrected chi connectivity index (χ0v) is 14.6. The van der Waals surface area contributed by atoms with Crippen LogP contribution in [0.4, 0.5) is 5.82 Å². The van der Waals surface area contributed by atoms with Crippen LogP contribution in [0.5, 0.6) is 0 Å². The number of nitrogens with zero attached hydrogens (tertiary/aromatic N) is 4. The Morgan fingerprint density at radius 2 is 2.29 bits per heavy atom. The van der Waals surface area contributed by atoms with E-state index in [1.54, 1.807) is 6.20 Å². The molecule has 1 atom stereocenters. The fourth-order valence-electron chi connectivity index (χ4n) is 3.23. The normalized spacial score (nSPS) is 17.5. The lowest BCUT2D eigenvalue weighted by Crippen LogP contribution is -2.30. The van der Waals surface area contributed by atoms with Gasteiger partial charge < -0.3 is 10.2 Å². The highest BCUT2D eigenvalue weighted by atomic mass is 16.2. The van der Waals surface area contributed by atoms with Gasteiger partial charge in [-0.2, -0.15) is 5.10 Å². The number of carbonyl (C=O) groups is 1. The summed E-state index contributed by atoms with van der Waals surface area (Å²) in [5.41, 5.74) is 1.90. The van der Waals surface area contributed by atoms with Crippen LogP contribution in [0.25, 0.3) is 0 Å². The van der Waals surface area contributed by atoms with Crippen LogP contribution in [-0.4, -0.2) is 44.7 Å². The van der Waals surface area contributed by atoms with Crippen molar-refractivity contribution in [1.82, 2.24) is 19.7 Å². The molecule has 2 aromatic heterocycles. The SMILES string of the molecule is CC(C)Nc1ncccc1C(=O)N1CCC(Cc2cnn(C)c2)C1. The number of aryl methyl sites for hydroxylation is 1. The van der Waals surface area contributed by atoms with E-state index in [-0.39, 0.29) is 11.9 Å². The topological polar surface area (TPSA) is 63.1 Å². The average molecular weight is 327 g/mol. The van der Waals surface area contributed by atoms with Gasteiger partial charge in [0, 0.05) is 38.6 Å². The van der Waals surface area contributed by atoms with Gasteiger partial charge in [-0.3, -0.25) is 9.48 Å². The van der Waals surface area contributed by atoms with Gasteiger partial charge in [0.1, 0.15) is 5.82 Å². The summed E-state index contributed by atoms with van der Waals surface area (Å²) < 4.78 is 1.83. The first-order valence-corrected chi connectivity index (χ1v) is 8.51. The number of anilines is 1. The molecule has 1 amide bonds. The van der Waals surface area contributed by atoms with E-state index in [1.807, 2.05) is 48.8 Å². The van der Waals surface area contributed by atoms with Crippen LogP contribution in [0.15, 0.2) is 30.7 Å². The van der Waals surface area contributed by atoms with Crippen LogP contribution < -0.4 is 5.32 Å². The van der Waals surface area contributed by atoms with Crippen molar-refractivity contribution in [3.05, 3.63) is 41.9 Å². The Bertz CT molecular complexity index is 709. The lowest BCUT2D eigenvalue weighted by atomic mass is 10.0. The summed E-state index contributed by atoms with van der Waals surface area (Å²) in [7, 11) is 1.93. The number of hydrogen-bond acceptors (Lipinski definition) is 4. The van der Waals surface area contributed by atoms with E-state index in [2.05, 4.69) is 21.6 Å². The zero-order valence-electron chi connectivity index (χ0n) is 14.6. The molecular weight excluding hydrogens is 302 g/mol. The van der Waals surface area contributed by atoms with Crippen LogP contribution >= 0.6 is 0 Å². The van der Waals surface area contributed by atoms with Gasteiger partial charge in [-0.25, -0.2) is 4.98 Å². The third-order valence-electron chi connectivity index (χ3n) is 4.32. The third kappa shape index (κ3) is 3.75. The predicted octanol–water partition coefficient (Wildman–Crippen LogP) is 2.34. The number of aromatic nitrogens is 3. The second-order valence-electron chi connectivity index (χ2n) is 6.83. The zero-order chi connectivity index (χ0) is 17.1. The lowest BCUT2D eigenvalue weighted by Gasteiger charge is -2.19. The molecule has 6 heteroatoms. The first-order chi connectivity index (χ1) is 11.5. The minimum Gasteiger partial charge on any atom is -0.367 e. The maximum absolute atomic E-state index is 12.9. The minimum atomic E-state index is 0.0694. The lowest BCUT2D eigenvalue weighted by molar-refractivity contribution is 0.0787. The maximum atomic E-state index is 12.9. The Balaban J connectivity index is 1.66. The molecule has 1 N–H and O–H groups in total. The molecular formula is C18H25N5O. The van der Waals surface area contributed by atoms with E-state index in [1.165, 1.54) is 5.56 Å². The Morgan fingerprint density at radius 1 is 1.46 bits per heavy atom. The van der Waals surface area contributed by atoms with Crippen LogP contribution in [-0.2, 0) is 13.5 Å². The average Bonchev–Trinajstić information content (AvgIpc) is 3.16. The van der Waals surface area contributed by atoms with Crippen molar-refractivity contribution in [1.29, 1.82) is 0 Å². The van der Waals surface area contributed by atoms with Gasteiger partial charge >= 0.3 is 0 Å². The van der Waals surface area contributed by atoms with E-state index >= 15 is 0 Å². The van der Waals surface area contributed by atoms with Gasteiger partial charge in [-0.1, -0.05) is 0 Å². The monoisotopic (exact) mass is 327 g/mol. The van der Waals surface area contributed by atoms with E-state index in [0.29, 0.717) is 17.3 Å². The third-order valence-corrected chi connectivity index (χ3v) is 4.32. The van der Waals surface area contributed by atoms with E-state index in [0.717, 1.165) is 25.9 Å². The van der Waals surface area contributed by atoms with Crippen molar-refractivity contribution in [3.8, 4) is 0 Å². The molecule has 1 fully saturated rings. The number of carbonyl (C=O) groups excluding carboxylic acids is 1. The summed E-state index contributed by atoms with van der Waals surface area (Å²) in [5.74, 6) is 1.24. The number of hydrogen-bond donors (Lipinski definition) is 1. The van der Waals surface area contributed by atoms with Gasteiger partial charge in [-0.05, 0) is 50.3 Å². The Morgan fingerprint density at radius 3 is 3.00 bits per heavy atom. The molecule has 24 heavy (non-hydrogen) atoms. The second-order valence-corrected chi connectivity index (χ2v) is 6.83. The van der Waals surface area contributed by atoms with Gasteiger partial charge in [0.15, 0.2) is 0 Å². The van der Waals surface area contributed by atoms with Gasteiger partial charge in [0.05, 0.1) is 11.8 Å². The molecule has 0 aliphatic carbocycles. The number of rotatable bonds is 5. The number of nitrogens with one attached hydrogen (secondary N) is 1. The predicted molar refractivity (Wildman–Crippen MR) is 93.9 cm³/mol. The summed E-state index contributed by atoms with van der Waals surface area (Å²) in [6.07, 6.45) is 7.69. The first kappa shape index (κ1) is 16.5. The minimum absolute atomic E-state index is 0.0694. The smallest absolute Gasteiger partial charge is 0.257 e. The summed E-state index contributed by atoms with van der Waals surface area (Å²) in [6, 6.07) is 3.92. The van der Waals surface area contributed by atoms with Crippen molar-refractivity contribution in [2.75, 3.05) is 18.4 Å². The van der Waals surface area contributed by atoms with Gasteiger partial charge in [0.25, 0.3) is 5.91 Å². The Labute approximate surface area is 142 Å². The molecule has 1 saturated heterocycles. The van der Waals surface area contributed by atoms with Crippen molar-refractivity contribution in [3.63, 3.8) is 0 Å². The molecule has 2 aromatic rings. The van der Waals surface area contributed by atoms with E-state index in [9.17, 15) is 4.79 Å². The molecule has 0 radical (unpaired) electrons. The highest BCUT2D eigenvalue weighted by Gasteiger charge is 2.28. The maximum Gasteiger partial charge on any atom is 0.257 e. The molecule has 128 valence electrons. The van der Waals surface area contributed by atoms with Crippen molar-refractivity contribution >= 4 is 11.7 Å². The number of likely N-dealkylation sites (tertiary alicyclic amines) is 1. The summed E-state index contributed by atoms with van der Waals surface area (Å²) in [5, 5.41) is 7.48. The molecule has 0 bridgehead atoms. The molecule has 0 saturated carbocycles. The Hall–Kier alpha value is -2.37. The molecule has 0 aromatic carbocycles. The van der Waals surface area contributed by atoms with Crippen LogP contribution in [0, 0.1) is 5.92 Å². The second kappa shape index (κ2) is 7.03. The highest BCUT2D eigenvalue weighted by Crippen LogP contribution is 2.24. The highest BCUT2D eigenvalue weighted by molar-refractivity contribution is 5.98. The van der Waals surface area contributed by atoms with Gasteiger partial charge in [-0.15, -0.1) is 0 Å². The van der Waals surface area contributed by atoms with Gasteiger partial charge in [0.2, 0.25) is 0 Å². The largest absolute Gasteiger partial charge is 0.367 e. The van der Waals surface area contributed by atoms with Crippen molar-refractivity contribution < 1.29 is 4.79 Å². The first-order valence-electron chi connectivity index (χ1n) is 8.51. The summed E-state index contributed by atoms with van der Waals surface area (Å²) in [6.45, 7) is 5.69. The van der Waals surface area contributed by atoms with E-state index in [4.69, 9.17) is 0 Å². The fraction of sp³-hybridized carbons (Fsp3) is 0.500. The number of amides is 1. The summed E-state index contributed by atoms with van der Waals surface area (Å²) >= 11 is 0. The van der Waals surface area contributed by atoms with E-state index < -0.39 is 0 Å². The molecule has 1 aliphatic rings. The van der Waals surface area contributed by atoms with Crippen molar-refractivity contribution in [2.24, 2.45) is 13.0 Å². The van der Waals surface area contributed by atoms with Crippen LogP contribution in [0.1, 0.15) is 36.2 Å². The molecule has 1 aliphatic heterocycles. The quantitative estimate of drug-likeness (QED) is 0.915. The molecule has 3 heterocycles. The molecule has 6 nitrogen and oxygen atoms in total. The van der Waals surface area contributed by atoms with Crippen molar-refractivity contribution in [2.45, 2.75) is 32.7 Å². The fourth-order valence-corrected chi connectivity index (χ4v) is 3.23. The molecule has 1 unspecified atom stereocenters. The number of pyridine rings is 1. The molecule has 0 spiro atoms. The Kier molecular flexibility index (Phi) is 4.83. The van der Waals surface area contributed by atoms with Crippen LogP contribution in [0.2, 0.25) is 0 Å². The summed E-state index contributed by atoms with van der Waals surface area (Å²) in [4.78, 5) is 19.2. The van der Waals surface area contributed by atoms with Crippen LogP contribution in [0.3, 0.4) is 0 Å². The molecule has 3 rings (SSSR count).